The molecule has 1 aromatic heterocycles. The van der Waals surface area contributed by atoms with Gasteiger partial charge in [0.25, 0.3) is 5.69 Å². The number of nitrogens with zero attached hydrogens (tertiary/aromatic N) is 2. The van der Waals surface area contributed by atoms with Gasteiger partial charge in [0.05, 0.1) is 22.1 Å². The third-order valence-electron chi connectivity index (χ3n) is 2.58. The molecule has 0 fully saturated rings. The van der Waals surface area contributed by atoms with Gasteiger partial charge in [0.2, 0.25) is 5.88 Å². The zero-order chi connectivity index (χ0) is 14.7. The van der Waals surface area contributed by atoms with Crippen LogP contribution in [0.5, 0.6) is 11.6 Å². The third-order valence-corrected chi connectivity index (χ3v) is 2.90. The highest BCUT2D eigenvalue weighted by Gasteiger charge is 2.15. The third kappa shape index (κ3) is 3.04. The van der Waals surface area contributed by atoms with Crippen molar-refractivity contribution >= 4 is 17.3 Å². The molecule has 104 valence electrons. The van der Waals surface area contributed by atoms with E-state index in [-0.39, 0.29) is 22.3 Å². The number of non-ortho nitro benzene ring substituents is 1. The van der Waals surface area contributed by atoms with Crippen LogP contribution in [0, 0.1) is 10.1 Å². The first-order chi connectivity index (χ1) is 9.49. The van der Waals surface area contributed by atoms with Crippen LogP contribution in [0.4, 0.5) is 5.69 Å². The molecule has 0 unspecified atom stereocenters. The van der Waals surface area contributed by atoms with Crippen LogP contribution in [-0.4, -0.2) is 15.0 Å². The normalized spacial score (nSPS) is 11.9. The van der Waals surface area contributed by atoms with Crippen LogP contribution in [0.1, 0.15) is 18.6 Å². The molecule has 0 aliphatic heterocycles. The first kappa shape index (κ1) is 14.2. The van der Waals surface area contributed by atoms with E-state index in [9.17, 15) is 15.2 Å². The Morgan fingerprint density at radius 1 is 1.45 bits per heavy atom. The van der Waals surface area contributed by atoms with Crippen LogP contribution >= 0.6 is 11.6 Å². The minimum atomic E-state index is -0.781. The van der Waals surface area contributed by atoms with E-state index in [1.165, 1.54) is 24.4 Å². The summed E-state index contributed by atoms with van der Waals surface area (Å²) < 4.78 is 5.48. The van der Waals surface area contributed by atoms with E-state index in [4.69, 9.17) is 16.3 Å². The van der Waals surface area contributed by atoms with Crippen LogP contribution in [-0.2, 0) is 0 Å². The van der Waals surface area contributed by atoms with Crippen molar-refractivity contribution in [2.24, 2.45) is 0 Å². The number of ether oxygens (including phenoxy) is 1. The highest BCUT2D eigenvalue weighted by atomic mass is 35.5. The molecule has 7 heteroatoms. The van der Waals surface area contributed by atoms with Gasteiger partial charge in [-0.25, -0.2) is 4.98 Å². The Morgan fingerprint density at radius 2 is 2.20 bits per heavy atom. The molecule has 1 aromatic carbocycles. The van der Waals surface area contributed by atoms with E-state index in [0.717, 1.165) is 0 Å². The lowest BCUT2D eigenvalue weighted by atomic mass is 10.2. The van der Waals surface area contributed by atoms with E-state index < -0.39 is 11.0 Å². The van der Waals surface area contributed by atoms with Crippen molar-refractivity contribution in [1.29, 1.82) is 0 Å². The number of benzene rings is 1. The number of aromatic nitrogens is 1. The fraction of sp³-hybridized carbons (Fsp3) is 0.154. The summed E-state index contributed by atoms with van der Waals surface area (Å²) in [6.07, 6.45) is 0.711. The average molecular weight is 295 g/mol. The number of nitro benzene ring substituents is 1. The minimum absolute atomic E-state index is 0.112. The topological polar surface area (TPSA) is 85.5 Å². The molecular formula is C13H11ClN2O4. The molecule has 20 heavy (non-hydrogen) atoms. The first-order valence-electron chi connectivity index (χ1n) is 5.74. The largest absolute Gasteiger partial charge is 0.437 e. The molecule has 2 aromatic rings. The molecule has 0 bridgehead atoms. The molecule has 0 spiro atoms. The Bertz CT molecular complexity index is 646. The summed E-state index contributed by atoms with van der Waals surface area (Å²) in [7, 11) is 0. The standard InChI is InChI=1S/C13H11ClN2O4/c1-8(17)10-3-2-6-15-13(10)20-12-7-9(16(18)19)4-5-11(12)14/h2-8,17H,1H3/t8-/m0/s1. The van der Waals surface area contributed by atoms with Gasteiger partial charge in [0, 0.05) is 17.8 Å². The van der Waals surface area contributed by atoms with E-state index in [1.54, 1.807) is 19.1 Å². The maximum absolute atomic E-state index is 10.7. The molecule has 1 heterocycles. The summed E-state index contributed by atoms with van der Waals surface area (Å²) in [5.41, 5.74) is 0.328. The molecule has 0 radical (unpaired) electrons. The fourth-order valence-corrected chi connectivity index (χ4v) is 1.75. The van der Waals surface area contributed by atoms with Gasteiger partial charge < -0.3 is 9.84 Å². The van der Waals surface area contributed by atoms with Crippen molar-refractivity contribution in [3.8, 4) is 11.6 Å². The number of hydrogen-bond donors (Lipinski definition) is 1. The number of pyridine rings is 1. The fourth-order valence-electron chi connectivity index (χ4n) is 1.59. The lowest BCUT2D eigenvalue weighted by Gasteiger charge is -2.12. The summed E-state index contributed by atoms with van der Waals surface area (Å²) in [4.78, 5) is 14.2. The van der Waals surface area contributed by atoms with E-state index in [0.29, 0.717) is 5.56 Å². The van der Waals surface area contributed by atoms with Crippen molar-refractivity contribution in [2.75, 3.05) is 0 Å². The molecule has 0 saturated heterocycles. The molecule has 0 amide bonds. The monoisotopic (exact) mass is 294 g/mol. The number of halogens is 1. The van der Waals surface area contributed by atoms with E-state index in [2.05, 4.69) is 4.98 Å². The van der Waals surface area contributed by atoms with Gasteiger partial charge in [-0.15, -0.1) is 0 Å². The van der Waals surface area contributed by atoms with Gasteiger partial charge in [-0.1, -0.05) is 11.6 Å². The number of rotatable bonds is 4. The summed E-state index contributed by atoms with van der Waals surface area (Å²) in [5.74, 6) is 0.270. The molecule has 1 atom stereocenters. The van der Waals surface area contributed by atoms with Crippen molar-refractivity contribution < 1.29 is 14.8 Å². The Hall–Kier alpha value is -2.18. The van der Waals surface area contributed by atoms with Crippen molar-refractivity contribution in [3.05, 3.63) is 57.2 Å². The van der Waals surface area contributed by atoms with Crippen molar-refractivity contribution in [1.82, 2.24) is 4.98 Å². The molecule has 0 aliphatic carbocycles. The smallest absolute Gasteiger partial charge is 0.273 e. The Morgan fingerprint density at radius 3 is 2.85 bits per heavy atom. The van der Waals surface area contributed by atoms with E-state index >= 15 is 0 Å². The highest BCUT2D eigenvalue weighted by molar-refractivity contribution is 6.32. The van der Waals surface area contributed by atoms with Crippen LogP contribution in [0.15, 0.2) is 36.5 Å². The highest BCUT2D eigenvalue weighted by Crippen LogP contribution is 2.34. The number of aliphatic hydroxyl groups excluding tert-OH is 1. The van der Waals surface area contributed by atoms with Gasteiger partial charge in [0.1, 0.15) is 0 Å². The summed E-state index contributed by atoms with van der Waals surface area (Å²) >= 11 is 5.94. The summed E-state index contributed by atoms with van der Waals surface area (Å²) in [6, 6.07) is 7.17. The molecule has 0 aliphatic rings. The second kappa shape index (κ2) is 5.85. The molecular weight excluding hydrogens is 284 g/mol. The quantitative estimate of drug-likeness (QED) is 0.689. The Labute approximate surface area is 119 Å². The lowest BCUT2D eigenvalue weighted by molar-refractivity contribution is -0.384. The SMILES string of the molecule is C[C@H](O)c1cccnc1Oc1cc([N+](=O)[O-])ccc1Cl. The predicted octanol–water partition coefficient (Wildman–Crippen LogP) is 3.49. The Balaban J connectivity index is 2.40. The minimum Gasteiger partial charge on any atom is -0.437 e. The van der Waals surface area contributed by atoms with Crippen molar-refractivity contribution in [3.63, 3.8) is 0 Å². The zero-order valence-electron chi connectivity index (χ0n) is 10.5. The van der Waals surface area contributed by atoms with Crippen LogP contribution in [0.3, 0.4) is 0 Å². The maximum atomic E-state index is 10.7. The maximum Gasteiger partial charge on any atom is 0.273 e. The summed E-state index contributed by atoms with van der Waals surface area (Å²) in [5, 5.41) is 20.6. The second-order valence-corrected chi connectivity index (χ2v) is 4.45. The Kier molecular flexibility index (Phi) is 4.16. The molecule has 2 rings (SSSR count). The molecule has 6 nitrogen and oxygen atoms in total. The first-order valence-corrected chi connectivity index (χ1v) is 6.11. The van der Waals surface area contributed by atoms with Crippen molar-refractivity contribution in [2.45, 2.75) is 13.0 Å². The second-order valence-electron chi connectivity index (χ2n) is 4.05. The van der Waals surface area contributed by atoms with Gasteiger partial charge in [-0.05, 0) is 25.1 Å². The lowest BCUT2D eigenvalue weighted by Crippen LogP contribution is -1.99. The number of hydrogen-bond acceptors (Lipinski definition) is 5. The zero-order valence-corrected chi connectivity index (χ0v) is 11.2. The van der Waals surface area contributed by atoms with Crippen LogP contribution in [0.25, 0.3) is 0 Å². The summed E-state index contributed by atoms with van der Waals surface area (Å²) in [6.45, 7) is 1.57. The van der Waals surface area contributed by atoms with Gasteiger partial charge >= 0.3 is 0 Å². The predicted molar refractivity (Wildman–Crippen MR) is 73.1 cm³/mol. The average Bonchev–Trinajstić information content (AvgIpc) is 2.41. The van der Waals surface area contributed by atoms with Gasteiger partial charge in [-0.3, -0.25) is 10.1 Å². The van der Waals surface area contributed by atoms with E-state index in [1.807, 2.05) is 0 Å². The number of nitro groups is 1. The molecule has 0 saturated carbocycles. The van der Waals surface area contributed by atoms with Gasteiger partial charge in [0.15, 0.2) is 5.75 Å². The molecule has 1 N–H and O–H groups in total. The van der Waals surface area contributed by atoms with Crippen LogP contribution in [0.2, 0.25) is 5.02 Å². The number of aliphatic hydroxyl groups is 1. The van der Waals surface area contributed by atoms with Crippen LogP contribution < -0.4 is 4.74 Å². The van der Waals surface area contributed by atoms with Gasteiger partial charge in [-0.2, -0.15) is 0 Å².